The molecule has 0 spiro atoms. The molecule has 1 aliphatic rings. The summed E-state index contributed by atoms with van der Waals surface area (Å²) < 4.78 is 25.4. The smallest absolute Gasteiger partial charge is 0.350 e. The Morgan fingerprint density at radius 3 is 2.68 bits per heavy atom. The first-order chi connectivity index (χ1) is 16.3. The highest BCUT2D eigenvalue weighted by Crippen LogP contribution is 2.43. The molecule has 4 aromatic rings. The van der Waals surface area contributed by atoms with Gasteiger partial charge in [0.25, 0.3) is 5.91 Å². The lowest BCUT2D eigenvalue weighted by Gasteiger charge is -2.22. The molecule has 2 aromatic carbocycles. The Balaban J connectivity index is 1.75. The van der Waals surface area contributed by atoms with Crippen molar-refractivity contribution >= 4 is 55.2 Å². The number of rotatable bonds is 4. The fraction of sp³-hybridized carbons (Fsp3) is 0.167. The number of hydrogen-bond acceptors (Lipinski definition) is 7. The van der Waals surface area contributed by atoms with Gasteiger partial charge in [0.2, 0.25) is 5.76 Å². The van der Waals surface area contributed by atoms with Crippen molar-refractivity contribution in [3.8, 4) is 0 Å². The van der Waals surface area contributed by atoms with E-state index in [2.05, 4.69) is 20.9 Å². The van der Waals surface area contributed by atoms with E-state index >= 15 is 0 Å². The number of thiazole rings is 1. The number of carbonyl (C=O) groups excluding carboxylic acids is 2. The van der Waals surface area contributed by atoms with Gasteiger partial charge in [0.05, 0.1) is 29.3 Å². The molecule has 172 valence electrons. The van der Waals surface area contributed by atoms with Crippen LogP contribution in [0.2, 0.25) is 0 Å². The summed E-state index contributed by atoms with van der Waals surface area (Å²) in [5.74, 6) is -1.69. The van der Waals surface area contributed by atoms with Crippen LogP contribution in [0.1, 0.15) is 50.0 Å². The Kier molecular flexibility index (Phi) is 5.57. The minimum absolute atomic E-state index is 0.111. The number of benzene rings is 2. The molecule has 1 unspecified atom stereocenters. The molecule has 34 heavy (non-hydrogen) atoms. The third-order valence-electron chi connectivity index (χ3n) is 5.47. The third-order valence-corrected chi connectivity index (χ3v) is 7.10. The number of hydrogen-bond donors (Lipinski definition) is 0. The summed E-state index contributed by atoms with van der Waals surface area (Å²) in [6, 6.07) is 9.56. The maximum atomic E-state index is 13.7. The van der Waals surface area contributed by atoms with Crippen LogP contribution in [-0.2, 0) is 4.74 Å². The second-order valence-corrected chi connectivity index (χ2v) is 9.47. The Bertz CT molecular complexity index is 1530. The summed E-state index contributed by atoms with van der Waals surface area (Å²) in [6.45, 7) is 3.53. The highest BCUT2D eigenvalue weighted by molar-refractivity contribution is 9.10. The predicted molar refractivity (Wildman–Crippen MR) is 128 cm³/mol. The first-order valence-electron chi connectivity index (χ1n) is 10.3. The molecule has 0 N–H and O–H groups in total. The van der Waals surface area contributed by atoms with Gasteiger partial charge in [-0.15, -0.1) is 0 Å². The minimum atomic E-state index is -0.914. The first kappa shape index (κ1) is 22.4. The van der Waals surface area contributed by atoms with E-state index in [9.17, 15) is 18.8 Å². The summed E-state index contributed by atoms with van der Waals surface area (Å²) in [6.07, 6.45) is 0. The topological polar surface area (TPSA) is 89.7 Å². The average Bonchev–Trinajstić information content (AvgIpc) is 3.33. The molecule has 7 nitrogen and oxygen atoms in total. The molecule has 3 heterocycles. The predicted octanol–water partition coefficient (Wildman–Crippen LogP) is 5.39. The van der Waals surface area contributed by atoms with Crippen molar-refractivity contribution in [1.82, 2.24) is 4.98 Å². The molecule has 2 aromatic heterocycles. The van der Waals surface area contributed by atoms with Crippen molar-refractivity contribution < 1.29 is 23.1 Å². The summed E-state index contributed by atoms with van der Waals surface area (Å²) in [4.78, 5) is 45.5. The summed E-state index contributed by atoms with van der Waals surface area (Å²) in [5.41, 5.74) is 0.922. The Hall–Kier alpha value is -3.37. The minimum Gasteiger partial charge on any atom is -0.462 e. The van der Waals surface area contributed by atoms with Gasteiger partial charge >= 0.3 is 5.97 Å². The monoisotopic (exact) mass is 542 g/mol. The number of ether oxygens (including phenoxy) is 1. The number of anilines is 1. The SMILES string of the molecule is CCOC(=O)c1sc(N2C(=O)c3oc4ccc(Br)cc4c(=O)c3C2c2ccc(F)cc2)nc1C. The highest BCUT2D eigenvalue weighted by atomic mass is 79.9. The molecule has 0 saturated heterocycles. The van der Waals surface area contributed by atoms with Crippen LogP contribution in [-0.4, -0.2) is 23.5 Å². The normalized spacial score (nSPS) is 15.1. The Morgan fingerprint density at radius 1 is 1.24 bits per heavy atom. The van der Waals surface area contributed by atoms with Crippen LogP contribution in [0.3, 0.4) is 0 Å². The maximum Gasteiger partial charge on any atom is 0.350 e. The summed E-state index contributed by atoms with van der Waals surface area (Å²) in [7, 11) is 0. The van der Waals surface area contributed by atoms with Crippen molar-refractivity contribution in [2.24, 2.45) is 0 Å². The standard InChI is InChI=1S/C24H16BrFN2O5S/c1-3-32-23(31)21-11(2)27-24(34-21)28-18(12-4-7-14(26)8-5-12)17-19(29)15-10-13(25)6-9-16(15)33-20(17)22(28)30/h4-10,18H,3H2,1-2H3. The molecule has 1 amide bonds. The van der Waals surface area contributed by atoms with Gasteiger partial charge < -0.3 is 9.15 Å². The van der Waals surface area contributed by atoms with Crippen LogP contribution in [0.15, 0.2) is 56.1 Å². The van der Waals surface area contributed by atoms with Crippen LogP contribution < -0.4 is 10.3 Å². The first-order valence-corrected chi connectivity index (χ1v) is 11.9. The molecular weight excluding hydrogens is 527 g/mol. The fourth-order valence-corrected chi connectivity index (χ4v) is 5.32. The van der Waals surface area contributed by atoms with Gasteiger partial charge in [-0.25, -0.2) is 14.2 Å². The van der Waals surface area contributed by atoms with Gasteiger partial charge in [-0.1, -0.05) is 39.4 Å². The van der Waals surface area contributed by atoms with Crippen molar-refractivity contribution in [3.63, 3.8) is 0 Å². The average molecular weight is 543 g/mol. The largest absolute Gasteiger partial charge is 0.462 e. The lowest BCUT2D eigenvalue weighted by molar-refractivity contribution is 0.0531. The van der Waals surface area contributed by atoms with Gasteiger partial charge in [0, 0.05) is 4.47 Å². The number of amides is 1. The van der Waals surface area contributed by atoms with E-state index in [1.165, 1.54) is 29.2 Å². The van der Waals surface area contributed by atoms with Gasteiger partial charge in [-0.3, -0.25) is 14.5 Å². The zero-order valence-corrected chi connectivity index (χ0v) is 20.3. The molecule has 0 fully saturated rings. The van der Waals surface area contributed by atoms with E-state index in [0.29, 0.717) is 21.1 Å². The van der Waals surface area contributed by atoms with Crippen molar-refractivity contribution in [2.45, 2.75) is 19.9 Å². The van der Waals surface area contributed by atoms with Gasteiger partial charge in [0.15, 0.2) is 10.6 Å². The number of carbonyl (C=O) groups is 2. The second kappa shape index (κ2) is 8.44. The van der Waals surface area contributed by atoms with E-state index in [1.54, 1.807) is 32.0 Å². The summed E-state index contributed by atoms with van der Waals surface area (Å²) >= 11 is 4.35. The quantitative estimate of drug-likeness (QED) is 0.321. The molecule has 0 radical (unpaired) electrons. The lowest BCUT2D eigenvalue weighted by Crippen LogP contribution is -2.29. The molecule has 1 aliphatic heterocycles. The number of halogens is 2. The second-order valence-electron chi connectivity index (χ2n) is 7.58. The fourth-order valence-electron chi connectivity index (χ4n) is 3.97. The molecule has 0 saturated carbocycles. The van der Waals surface area contributed by atoms with Gasteiger partial charge in [-0.05, 0) is 49.7 Å². The number of fused-ring (bicyclic) bond motifs is 2. The Labute approximate surface area is 204 Å². The number of aromatic nitrogens is 1. The number of nitrogens with zero attached hydrogens (tertiary/aromatic N) is 2. The molecule has 0 aliphatic carbocycles. The van der Waals surface area contributed by atoms with Crippen LogP contribution in [0.25, 0.3) is 11.0 Å². The van der Waals surface area contributed by atoms with Crippen LogP contribution in [0.5, 0.6) is 0 Å². The van der Waals surface area contributed by atoms with Gasteiger partial charge in [0.1, 0.15) is 16.3 Å². The van der Waals surface area contributed by atoms with E-state index < -0.39 is 23.7 Å². The zero-order valence-electron chi connectivity index (χ0n) is 17.9. The van der Waals surface area contributed by atoms with E-state index in [0.717, 1.165) is 11.3 Å². The van der Waals surface area contributed by atoms with Gasteiger partial charge in [-0.2, -0.15) is 0 Å². The third kappa shape index (κ3) is 3.54. The maximum absolute atomic E-state index is 13.7. The molecule has 5 rings (SSSR count). The molecule has 1 atom stereocenters. The Morgan fingerprint density at radius 2 is 1.97 bits per heavy atom. The summed E-state index contributed by atoms with van der Waals surface area (Å²) in [5, 5.41) is 0.508. The lowest BCUT2D eigenvalue weighted by atomic mass is 9.99. The highest BCUT2D eigenvalue weighted by Gasteiger charge is 2.45. The number of esters is 1. The van der Waals surface area contributed by atoms with Crippen molar-refractivity contribution in [3.05, 3.63) is 90.4 Å². The van der Waals surface area contributed by atoms with Crippen molar-refractivity contribution in [2.75, 3.05) is 11.5 Å². The van der Waals surface area contributed by atoms with E-state index in [4.69, 9.17) is 9.15 Å². The van der Waals surface area contributed by atoms with Crippen LogP contribution in [0, 0.1) is 12.7 Å². The molecular formula is C24H16BrFN2O5S. The molecule has 0 bridgehead atoms. The molecule has 10 heteroatoms. The zero-order chi connectivity index (χ0) is 24.1. The van der Waals surface area contributed by atoms with Crippen LogP contribution in [0.4, 0.5) is 9.52 Å². The van der Waals surface area contributed by atoms with E-state index in [1.807, 2.05) is 0 Å². The van der Waals surface area contributed by atoms with E-state index in [-0.39, 0.29) is 39.0 Å². The van der Waals surface area contributed by atoms with Crippen LogP contribution >= 0.6 is 27.3 Å². The van der Waals surface area contributed by atoms with Crippen molar-refractivity contribution in [1.29, 1.82) is 0 Å². The number of aryl methyl sites for hydroxylation is 1.